The van der Waals surface area contributed by atoms with Crippen LogP contribution in [0.25, 0.3) is 0 Å². The van der Waals surface area contributed by atoms with Crippen LogP contribution >= 0.6 is 0 Å². The zero-order chi connectivity index (χ0) is 14.3. The van der Waals surface area contributed by atoms with Gasteiger partial charge in [-0.05, 0) is 51.0 Å². The maximum atomic E-state index is 11.8. The highest BCUT2D eigenvalue weighted by Gasteiger charge is 2.26. The predicted octanol–water partition coefficient (Wildman–Crippen LogP) is 1.51. The first-order chi connectivity index (χ1) is 9.02. The van der Waals surface area contributed by atoms with Crippen molar-refractivity contribution in [2.75, 3.05) is 6.54 Å². The summed E-state index contributed by atoms with van der Waals surface area (Å²) in [5.74, 6) is -0.362. The maximum absolute atomic E-state index is 11.8. The number of rotatable bonds is 7. The molecule has 1 unspecified atom stereocenters. The van der Waals surface area contributed by atoms with Crippen molar-refractivity contribution >= 4 is 11.9 Å². The molecule has 0 aromatic rings. The number of nitrogens with two attached hydrogens (primary N) is 1. The first-order valence-electron chi connectivity index (χ1n) is 7.25. The Labute approximate surface area is 114 Å². The number of hydrogen-bond acceptors (Lipinski definition) is 3. The van der Waals surface area contributed by atoms with Gasteiger partial charge in [-0.3, -0.25) is 9.59 Å². The lowest BCUT2D eigenvalue weighted by atomic mass is 9.86. The molecule has 19 heavy (non-hydrogen) atoms. The van der Waals surface area contributed by atoms with E-state index in [1.165, 1.54) is 0 Å². The third-order valence-electron chi connectivity index (χ3n) is 3.97. The van der Waals surface area contributed by atoms with Gasteiger partial charge in [-0.15, -0.1) is 0 Å². The summed E-state index contributed by atoms with van der Waals surface area (Å²) < 4.78 is 0. The van der Waals surface area contributed by atoms with E-state index in [1.54, 1.807) is 0 Å². The van der Waals surface area contributed by atoms with Crippen molar-refractivity contribution in [2.45, 2.75) is 57.9 Å². The van der Waals surface area contributed by atoms with Crippen LogP contribution < -0.4 is 11.1 Å². The fourth-order valence-electron chi connectivity index (χ4n) is 2.59. The Kier molecular flexibility index (Phi) is 6.84. The first-order valence-corrected chi connectivity index (χ1v) is 7.25. The average molecular weight is 270 g/mol. The summed E-state index contributed by atoms with van der Waals surface area (Å²) in [7, 11) is 0. The van der Waals surface area contributed by atoms with Crippen LogP contribution in [0.4, 0.5) is 0 Å². The monoisotopic (exact) mass is 270 g/mol. The first kappa shape index (κ1) is 16.0. The Morgan fingerprint density at radius 2 is 1.89 bits per heavy atom. The molecule has 110 valence electrons. The van der Waals surface area contributed by atoms with Gasteiger partial charge in [0.1, 0.15) is 0 Å². The highest BCUT2D eigenvalue weighted by molar-refractivity contribution is 5.76. The number of aliphatic carboxylic acids is 1. The topological polar surface area (TPSA) is 92.4 Å². The standard InChI is InChI=1S/C14H26N2O3/c1-10(8-9-15)2-7-13(17)16-12-5-3-11(4-6-12)14(18)19/h10-12H,2-9,15H2,1H3,(H,16,17)(H,18,19). The summed E-state index contributed by atoms with van der Waals surface area (Å²) >= 11 is 0. The van der Waals surface area contributed by atoms with Gasteiger partial charge in [0, 0.05) is 12.5 Å². The van der Waals surface area contributed by atoms with E-state index in [4.69, 9.17) is 10.8 Å². The number of amides is 1. The molecule has 1 aliphatic carbocycles. The zero-order valence-corrected chi connectivity index (χ0v) is 11.7. The van der Waals surface area contributed by atoms with Crippen molar-refractivity contribution in [3.63, 3.8) is 0 Å². The second kappa shape index (κ2) is 8.15. The fourth-order valence-corrected chi connectivity index (χ4v) is 2.59. The van der Waals surface area contributed by atoms with E-state index < -0.39 is 5.97 Å². The molecule has 1 fully saturated rings. The second-order valence-corrected chi connectivity index (χ2v) is 5.68. The number of carboxylic acid groups (broad SMARTS) is 1. The largest absolute Gasteiger partial charge is 0.481 e. The maximum Gasteiger partial charge on any atom is 0.306 e. The SMILES string of the molecule is CC(CCN)CCC(=O)NC1CCC(C(=O)O)CC1. The van der Waals surface area contributed by atoms with Crippen LogP contribution in [0.15, 0.2) is 0 Å². The molecule has 1 saturated carbocycles. The highest BCUT2D eigenvalue weighted by atomic mass is 16.4. The van der Waals surface area contributed by atoms with E-state index in [1.807, 2.05) is 0 Å². The number of carbonyl (C=O) groups is 2. The van der Waals surface area contributed by atoms with Crippen LogP contribution in [0.1, 0.15) is 51.9 Å². The summed E-state index contributed by atoms with van der Waals surface area (Å²) in [6.45, 7) is 2.78. The third-order valence-corrected chi connectivity index (χ3v) is 3.97. The highest BCUT2D eigenvalue weighted by Crippen LogP contribution is 2.24. The van der Waals surface area contributed by atoms with E-state index in [2.05, 4.69) is 12.2 Å². The van der Waals surface area contributed by atoms with Gasteiger partial charge in [-0.2, -0.15) is 0 Å². The lowest BCUT2D eigenvalue weighted by Gasteiger charge is -2.27. The minimum absolute atomic E-state index is 0.0858. The molecule has 0 aromatic heterocycles. The Bertz CT molecular complexity index is 299. The van der Waals surface area contributed by atoms with E-state index >= 15 is 0 Å². The smallest absolute Gasteiger partial charge is 0.306 e. The molecule has 0 heterocycles. The van der Waals surface area contributed by atoms with Crippen molar-refractivity contribution in [3.05, 3.63) is 0 Å². The molecule has 0 saturated heterocycles. The molecule has 5 nitrogen and oxygen atoms in total. The van der Waals surface area contributed by atoms with Gasteiger partial charge in [-0.25, -0.2) is 0 Å². The number of carboxylic acids is 1. The lowest BCUT2D eigenvalue weighted by molar-refractivity contribution is -0.142. The quantitative estimate of drug-likeness (QED) is 0.654. The summed E-state index contributed by atoms with van der Waals surface area (Å²) in [6.07, 6.45) is 5.26. The molecule has 0 radical (unpaired) electrons. The predicted molar refractivity (Wildman–Crippen MR) is 73.6 cm³/mol. The van der Waals surface area contributed by atoms with Gasteiger partial charge in [-0.1, -0.05) is 6.92 Å². The van der Waals surface area contributed by atoms with Crippen LogP contribution in [0, 0.1) is 11.8 Å². The van der Waals surface area contributed by atoms with E-state index in [-0.39, 0.29) is 17.9 Å². The van der Waals surface area contributed by atoms with Gasteiger partial charge < -0.3 is 16.2 Å². The van der Waals surface area contributed by atoms with E-state index in [0.29, 0.717) is 31.7 Å². The molecule has 0 aliphatic heterocycles. The molecule has 0 spiro atoms. The number of carbonyl (C=O) groups excluding carboxylic acids is 1. The average Bonchev–Trinajstić information content (AvgIpc) is 2.37. The summed E-state index contributed by atoms with van der Waals surface area (Å²) in [6, 6.07) is 0.160. The molecule has 1 aliphatic rings. The van der Waals surface area contributed by atoms with E-state index in [0.717, 1.165) is 25.7 Å². The molecule has 1 rings (SSSR count). The van der Waals surface area contributed by atoms with Crippen molar-refractivity contribution in [1.82, 2.24) is 5.32 Å². The minimum Gasteiger partial charge on any atom is -0.481 e. The van der Waals surface area contributed by atoms with Crippen LogP contribution in [0.2, 0.25) is 0 Å². The number of nitrogens with one attached hydrogen (secondary N) is 1. The molecule has 5 heteroatoms. The van der Waals surface area contributed by atoms with Crippen molar-refractivity contribution < 1.29 is 14.7 Å². The third kappa shape index (κ3) is 6.05. The molecule has 4 N–H and O–H groups in total. The Morgan fingerprint density at radius 1 is 1.26 bits per heavy atom. The van der Waals surface area contributed by atoms with Crippen LogP contribution in [0.5, 0.6) is 0 Å². The van der Waals surface area contributed by atoms with Crippen LogP contribution in [-0.4, -0.2) is 29.6 Å². The van der Waals surface area contributed by atoms with Crippen LogP contribution in [0.3, 0.4) is 0 Å². The summed E-state index contributed by atoms with van der Waals surface area (Å²) in [5, 5.41) is 11.9. The minimum atomic E-state index is -0.708. The van der Waals surface area contributed by atoms with Crippen LogP contribution in [-0.2, 0) is 9.59 Å². The van der Waals surface area contributed by atoms with Gasteiger partial charge >= 0.3 is 5.97 Å². The Balaban J connectivity index is 2.18. The van der Waals surface area contributed by atoms with Crippen molar-refractivity contribution in [1.29, 1.82) is 0 Å². The molecule has 0 aromatic carbocycles. The molecular weight excluding hydrogens is 244 g/mol. The zero-order valence-electron chi connectivity index (χ0n) is 11.7. The van der Waals surface area contributed by atoms with Crippen molar-refractivity contribution in [2.24, 2.45) is 17.6 Å². The fraction of sp³-hybridized carbons (Fsp3) is 0.857. The Hall–Kier alpha value is -1.10. The summed E-state index contributed by atoms with van der Waals surface area (Å²) in [5.41, 5.74) is 5.47. The molecular formula is C14H26N2O3. The lowest BCUT2D eigenvalue weighted by Crippen LogP contribution is -2.38. The second-order valence-electron chi connectivity index (χ2n) is 5.68. The summed E-state index contributed by atoms with van der Waals surface area (Å²) in [4.78, 5) is 22.6. The van der Waals surface area contributed by atoms with E-state index in [9.17, 15) is 9.59 Å². The molecule has 1 atom stereocenters. The van der Waals surface area contributed by atoms with Gasteiger partial charge in [0.15, 0.2) is 0 Å². The molecule has 1 amide bonds. The molecule has 0 bridgehead atoms. The van der Waals surface area contributed by atoms with Gasteiger partial charge in [0.05, 0.1) is 5.92 Å². The number of hydrogen-bond donors (Lipinski definition) is 3. The van der Waals surface area contributed by atoms with Gasteiger partial charge in [0.25, 0.3) is 0 Å². The van der Waals surface area contributed by atoms with Crippen molar-refractivity contribution in [3.8, 4) is 0 Å². The normalized spacial score (nSPS) is 24.7. The van der Waals surface area contributed by atoms with Gasteiger partial charge in [0.2, 0.25) is 5.91 Å². The Morgan fingerprint density at radius 3 is 2.42 bits per heavy atom.